The molecular weight excluding hydrogens is 394 g/mol. The van der Waals surface area contributed by atoms with Gasteiger partial charge in [-0.25, -0.2) is 0 Å². The van der Waals surface area contributed by atoms with Crippen molar-refractivity contribution in [3.8, 4) is 23.3 Å². The number of esters is 1. The quantitative estimate of drug-likeness (QED) is 0.583. The second-order valence-corrected chi connectivity index (χ2v) is 9.06. The number of ether oxygens (including phenoxy) is 1. The van der Waals surface area contributed by atoms with Crippen molar-refractivity contribution in [1.82, 2.24) is 24.5 Å². The number of fused-ring (bicyclic) bond motifs is 1. The third kappa shape index (κ3) is 3.64. The summed E-state index contributed by atoms with van der Waals surface area (Å²) in [4.78, 5) is 12.1. The van der Waals surface area contributed by atoms with Crippen LogP contribution in [0.2, 0.25) is 0 Å². The summed E-state index contributed by atoms with van der Waals surface area (Å²) >= 11 is 0. The van der Waals surface area contributed by atoms with Crippen LogP contribution in [0, 0.1) is 34.0 Å². The molecule has 9 heteroatoms. The highest BCUT2D eigenvalue weighted by Gasteiger charge is 2.46. The van der Waals surface area contributed by atoms with Gasteiger partial charge in [0.1, 0.15) is 0 Å². The maximum absolute atomic E-state index is 12.1. The molecule has 3 heterocycles. The van der Waals surface area contributed by atoms with E-state index in [-0.39, 0.29) is 18.6 Å². The second kappa shape index (κ2) is 7.51. The average Bonchev–Trinajstić information content (AvgIpc) is 3.35. The van der Waals surface area contributed by atoms with Crippen molar-refractivity contribution in [2.45, 2.75) is 52.3 Å². The maximum atomic E-state index is 12.1. The molecule has 4 rings (SSSR count). The number of hydrogen-bond donors (Lipinski definition) is 0. The van der Waals surface area contributed by atoms with Gasteiger partial charge in [-0.15, -0.1) is 5.10 Å². The lowest BCUT2D eigenvalue weighted by atomic mass is 9.67. The Balaban J connectivity index is 1.62. The van der Waals surface area contributed by atoms with Gasteiger partial charge in [-0.3, -0.25) is 14.0 Å². The van der Waals surface area contributed by atoms with Gasteiger partial charge in [-0.05, 0) is 39.7 Å². The molecule has 0 unspecified atom stereocenters. The topological polar surface area (TPSA) is 122 Å². The molecule has 0 saturated heterocycles. The molecule has 3 aromatic heterocycles. The normalized spacial score (nSPS) is 20.6. The smallest absolute Gasteiger partial charge is 0.312 e. The average molecular weight is 417 g/mol. The summed E-state index contributed by atoms with van der Waals surface area (Å²) in [7, 11) is 0. The van der Waals surface area contributed by atoms with E-state index >= 15 is 0 Å². The summed E-state index contributed by atoms with van der Waals surface area (Å²) in [6, 6.07) is 6.41. The molecule has 0 N–H and O–H groups in total. The van der Waals surface area contributed by atoms with Crippen LogP contribution in [0.4, 0.5) is 0 Å². The predicted molar refractivity (Wildman–Crippen MR) is 111 cm³/mol. The van der Waals surface area contributed by atoms with E-state index in [9.17, 15) is 10.1 Å². The molecule has 1 aliphatic carbocycles. The van der Waals surface area contributed by atoms with Crippen LogP contribution in [0.3, 0.4) is 0 Å². The lowest BCUT2D eigenvalue weighted by Gasteiger charge is -2.43. The summed E-state index contributed by atoms with van der Waals surface area (Å²) in [6.45, 7) is 5.47. The summed E-state index contributed by atoms with van der Waals surface area (Å²) < 4.78 is 8.96. The summed E-state index contributed by atoms with van der Waals surface area (Å²) in [5.41, 5.74) is 1.29. The summed E-state index contributed by atoms with van der Waals surface area (Å²) in [5.74, 6) is -0.334. The minimum absolute atomic E-state index is 0.0415. The molecule has 0 bridgehead atoms. The molecule has 0 aliphatic heterocycles. The number of nitriles is 2. The van der Waals surface area contributed by atoms with E-state index in [0.29, 0.717) is 24.9 Å². The first-order chi connectivity index (χ1) is 14.8. The minimum atomic E-state index is -0.583. The van der Waals surface area contributed by atoms with Crippen molar-refractivity contribution in [3.05, 3.63) is 30.9 Å². The lowest BCUT2D eigenvalue weighted by Crippen LogP contribution is -2.46. The predicted octanol–water partition coefficient (Wildman–Crippen LogP) is 3.38. The maximum Gasteiger partial charge on any atom is 0.312 e. The van der Waals surface area contributed by atoms with Crippen molar-refractivity contribution in [2.24, 2.45) is 11.3 Å². The van der Waals surface area contributed by atoms with E-state index in [4.69, 9.17) is 10.00 Å². The molecule has 1 fully saturated rings. The number of carbonyl (C=O) groups excluding carboxylic acids is 1. The van der Waals surface area contributed by atoms with Gasteiger partial charge in [-0.2, -0.15) is 20.7 Å². The van der Waals surface area contributed by atoms with Crippen LogP contribution in [0.15, 0.2) is 30.9 Å². The molecule has 3 aromatic rings. The first-order valence-electron chi connectivity index (χ1n) is 10.1. The van der Waals surface area contributed by atoms with Crippen LogP contribution >= 0.6 is 0 Å². The van der Waals surface area contributed by atoms with Gasteiger partial charge in [0, 0.05) is 28.9 Å². The van der Waals surface area contributed by atoms with Gasteiger partial charge in [0.2, 0.25) is 0 Å². The lowest BCUT2D eigenvalue weighted by molar-refractivity contribution is -0.156. The zero-order chi connectivity index (χ0) is 22.2. The highest BCUT2D eigenvalue weighted by Crippen LogP contribution is 2.46. The van der Waals surface area contributed by atoms with Crippen molar-refractivity contribution in [3.63, 3.8) is 0 Å². The number of aromatic nitrogens is 5. The Labute approximate surface area is 179 Å². The monoisotopic (exact) mass is 417 g/mol. The largest absolute Gasteiger partial charge is 0.443 e. The van der Waals surface area contributed by atoms with Gasteiger partial charge >= 0.3 is 5.97 Å². The van der Waals surface area contributed by atoms with Crippen LogP contribution in [-0.2, 0) is 21.8 Å². The number of hydrogen-bond acceptors (Lipinski definition) is 7. The van der Waals surface area contributed by atoms with E-state index in [0.717, 1.165) is 16.5 Å². The highest BCUT2D eigenvalue weighted by molar-refractivity contribution is 5.92. The van der Waals surface area contributed by atoms with Gasteiger partial charge in [0.15, 0.2) is 12.4 Å². The Morgan fingerprint density at radius 2 is 2.10 bits per heavy atom. The Hall–Kier alpha value is -3.72. The molecule has 0 aromatic carbocycles. The fourth-order valence-electron chi connectivity index (χ4n) is 3.91. The minimum Gasteiger partial charge on any atom is -0.443 e. The molecule has 0 spiro atoms. The number of rotatable bonds is 5. The molecule has 9 nitrogen and oxygen atoms in total. The molecule has 1 aliphatic rings. The summed E-state index contributed by atoms with van der Waals surface area (Å²) in [5, 5.41) is 32.1. The van der Waals surface area contributed by atoms with E-state index in [2.05, 4.69) is 27.4 Å². The SMILES string of the molecule is CC(C)(C)C(=O)OCn1ccc2c(-c3cnn([C@]4(CC#N)C[C@H](C#N)C4)c3)cnnc21. The Morgan fingerprint density at radius 3 is 2.77 bits per heavy atom. The Kier molecular flexibility index (Phi) is 4.98. The van der Waals surface area contributed by atoms with E-state index < -0.39 is 11.0 Å². The van der Waals surface area contributed by atoms with Crippen molar-refractivity contribution in [1.29, 1.82) is 10.5 Å². The first-order valence-corrected chi connectivity index (χ1v) is 10.1. The zero-order valence-electron chi connectivity index (χ0n) is 17.7. The third-order valence-corrected chi connectivity index (χ3v) is 5.73. The van der Waals surface area contributed by atoms with Gasteiger partial charge < -0.3 is 4.74 Å². The van der Waals surface area contributed by atoms with E-state index in [1.54, 1.807) is 37.7 Å². The fourth-order valence-corrected chi connectivity index (χ4v) is 3.91. The van der Waals surface area contributed by atoms with Gasteiger partial charge in [0.25, 0.3) is 0 Å². The van der Waals surface area contributed by atoms with Crippen LogP contribution in [0.25, 0.3) is 22.2 Å². The molecule has 1 saturated carbocycles. The fraction of sp³-hybridized carbons (Fsp3) is 0.455. The van der Waals surface area contributed by atoms with Crippen molar-refractivity contribution < 1.29 is 9.53 Å². The summed E-state index contributed by atoms with van der Waals surface area (Å²) in [6.07, 6.45) is 8.68. The van der Waals surface area contributed by atoms with Gasteiger partial charge in [-0.1, -0.05) is 0 Å². The molecule has 0 radical (unpaired) electrons. The van der Waals surface area contributed by atoms with Crippen molar-refractivity contribution in [2.75, 3.05) is 0 Å². The van der Waals surface area contributed by atoms with E-state index in [1.807, 2.05) is 23.1 Å². The third-order valence-electron chi connectivity index (χ3n) is 5.73. The van der Waals surface area contributed by atoms with Crippen LogP contribution in [-0.4, -0.2) is 30.5 Å². The molecular formula is C22H23N7O2. The molecule has 0 atom stereocenters. The first kappa shape index (κ1) is 20.5. The molecule has 31 heavy (non-hydrogen) atoms. The highest BCUT2D eigenvalue weighted by atomic mass is 16.5. The number of nitrogens with zero attached hydrogens (tertiary/aromatic N) is 7. The molecule has 0 amide bonds. The van der Waals surface area contributed by atoms with Crippen LogP contribution < -0.4 is 0 Å². The number of carbonyl (C=O) groups is 1. The Morgan fingerprint density at radius 1 is 1.32 bits per heavy atom. The zero-order valence-corrected chi connectivity index (χ0v) is 17.7. The van der Waals surface area contributed by atoms with Crippen LogP contribution in [0.5, 0.6) is 0 Å². The van der Waals surface area contributed by atoms with Crippen molar-refractivity contribution >= 4 is 17.0 Å². The molecule has 158 valence electrons. The van der Waals surface area contributed by atoms with E-state index in [1.165, 1.54) is 0 Å². The van der Waals surface area contributed by atoms with Crippen LogP contribution in [0.1, 0.15) is 40.0 Å². The standard InChI is InChI=1S/C22H23N7O2/c1-21(2,3)20(30)31-14-28-7-4-17-18(12-25-27-19(17)28)16-11-26-29(13-16)22(5-6-23)8-15(9-22)10-24/h4,7,11-13,15H,5,8-9,14H2,1-3H3/t15-,22+. The van der Waals surface area contributed by atoms with Gasteiger partial charge in [0.05, 0.1) is 47.8 Å². The second-order valence-electron chi connectivity index (χ2n) is 9.06. The Bertz CT molecular complexity index is 1210.